The Kier molecular flexibility index (Phi) is 16.6. The fraction of sp³-hybridized carbons (Fsp3) is 1.00. The van der Waals surface area contributed by atoms with Crippen molar-refractivity contribution in [3.8, 4) is 0 Å². The van der Waals surface area contributed by atoms with E-state index in [1.165, 1.54) is 0 Å². The van der Waals surface area contributed by atoms with Gasteiger partial charge in [0.15, 0.2) is 0 Å². The van der Waals surface area contributed by atoms with Crippen molar-refractivity contribution < 1.29 is 49.0 Å². The van der Waals surface area contributed by atoms with E-state index in [9.17, 15) is 18.9 Å². The van der Waals surface area contributed by atoms with Crippen LogP contribution in [0.15, 0.2) is 0 Å². The summed E-state index contributed by atoms with van der Waals surface area (Å²) in [6.45, 7) is 3.80. The topological polar surface area (TPSA) is 134 Å². The van der Waals surface area contributed by atoms with Crippen molar-refractivity contribution in [3.05, 3.63) is 0 Å². The van der Waals surface area contributed by atoms with E-state index in [2.05, 4.69) is 9.05 Å². The molecule has 0 spiro atoms. The van der Waals surface area contributed by atoms with Crippen molar-refractivity contribution >= 4 is 15.2 Å². The third-order valence-electron chi connectivity index (χ3n) is 1.92. The van der Waals surface area contributed by atoms with Crippen LogP contribution in [0.2, 0.25) is 0 Å². The second kappa shape index (κ2) is 12.7. The van der Waals surface area contributed by atoms with Crippen molar-refractivity contribution in [1.29, 1.82) is 0 Å². The molecule has 120 valence electrons. The monoisotopic (exact) mass is 498 g/mol. The van der Waals surface area contributed by atoms with E-state index >= 15 is 0 Å². The summed E-state index contributed by atoms with van der Waals surface area (Å²) >= 11 is 0. The van der Waals surface area contributed by atoms with Crippen molar-refractivity contribution in [2.45, 2.75) is 39.5 Å². The molecule has 0 aliphatic heterocycles. The molecule has 0 radical (unpaired) electrons. The van der Waals surface area contributed by atoms with Crippen molar-refractivity contribution in [2.24, 2.45) is 0 Å². The van der Waals surface area contributed by atoms with E-state index in [-0.39, 0.29) is 40.4 Å². The van der Waals surface area contributed by atoms with Gasteiger partial charge < -0.3 is 34.1 Å². The summed E-state index contributed by atoms with van der Waals surface area (Å²) in [6.07, 6.45) is 2.71. The third kappa shape index (κ3) is 15.2. The van der Waals surface area contributed by atoms with Gasteiger partial charge in [-0.1, -0.05) is 26.7 Å². The molecule has 0 saturated carbocycles. The smallest absolute Gasteiger partial charge is 0.778 e. The molecule has 7 nitrogen and oxygen atoms in total. The first kappa shape index (κ1) is 24.9. The SMILES string of the molecule is CCCCOP(=O)([O-])CP(=O)([O-])OCCCC.N.[Pt+2]. The summed E-state index contributed by atoms with van der Waals surface area (Å²) in [5.41, 5.74) is 0. The second-order valence-electron chi connectivity index (χ2n) is 3.74. The molecule has 19 heavy (non-hydrogen) atoms. The molecule has 10 heteroatoms. The molecule has 0 aromatic carbocycles. The molecular formula is C9H23NO6P2Pt. The number of hydrogen-bond donors (Lipinski definition) is 1. The zero-order valence-electron chi connectivity index (χ0n) is 11.3. The van der Waals surface area contributed by atoms with E-state index in [0.29, 0.717) is 12.8 Å². The predicted molar refractivity (Wildman–Crippen MR) is 66.8 cm³/mol. The van der Waals surface area contributed by atoms with E-state index in [1.54, 1.807) is 0 Å². The third-order valence-corrected chi connectivity index (χ3v) is 5.84. The van der Waals surface area contributed by atoms with E-state index in [1.807, 2.05) is 13.8 Å². The average Bonchev–Trinajstić information content (AvgIpc) is 2.16. The molecule has 0 aromatic rings. The summed E-state index contributed by atoms with van der Waals surface area (Å²) in [7, 11) is -8.69. The molecular weight excluding hydrogens is 475 g/mol. The Balaban J connectivity index is -0.00000128. The van der Waals surface area contributed by atoms with Crippen LogP contribution in [0.5, 0.6) is 0 Å². The molecule has 0 amide bonds. The molecule has 0 aliphatic carbocycles. The summed E-state index contributed by atoms with van der Waals surface area (Å²) < 4.78 is 31.7. The Morgan fingerprint density at radius 3 is 1.47 bits per heavy atom. The van der Waals surface area contributed by atoms with Crippen LogP contribution < -0.4 is 15.9 Å². The van der Waals surface area contributed by atoms with Gasteiger partial charge in [0.2, 0.25) is 0 Å². The average molecular weight is 498 g/mol. The van der Waals surface area contributed by atoms with Crippen LogP contribution in [0.25, 0.3) is 0 Å². The predicted octanol–water partition coefficient (Wildman–Crippen LogP) is 1.84. The fourth-order valence-electron chi connectivity index (χ4n) is 0.990. The second-order valence-corrected chi connectivity index (χ2v) is 7.83. The summed E-state index contributed by atoms with van der Waals surface area (Å²) in [6, 6.07) is 0. The van der Waals surface area contributed by atoms with E-state index < -0.39 is 21.1 Å². The molecule has 0 aliphatic rings. The molecule has 0 fully saturated rings. The van der Waals surface area contributed by atoms with Gasteiger partial charge in [-0.15, -0.1) is 0 Å². The Labute approximate surface area is 129 Å². The maximum atomic E-state index is 11.3. The minimum Gasteiger partial charge on any atom is -0.778 e. The van der Waals surface area contributed by atoms with Gasteiger partial charge in [0.1, 0.15) is 15.2 Å². The molecule has 0 heterocycles. The first-order valence-corrected chi connectivity index (χ1v) is 9.18. The quantitative estimate of drug-likeness (QED) is 0.359. The Morgan fingerprint density at radius 2 is 1.21 bits per heavy atom. The zero-order valence-corrected chi connectivity index (χ0v) is 15.4. The minimum atomic E-state index is -4.34. The van der Waals surface area contributed by atoms with Gasteiger partial charge in [-0.05, 0) is 12.8 Å². The summed E-state index contributed by atoms with van der Waals surface area (Å²) in [5.74, 6) is -1.06. The summed E-state index contributed by atoms with van der Waals surface area (Å²) in [4.78, 5) is 22.6. The van der Waals surface area contributed by atoms with Crippen LogP contribution in [0, 0.1) is 0 Å². The first-order chi connectivity index (χ1) is 7.83. The molecule has 2 atom stereocenters. The van der Waals surface area contributed by atoms with Gasteiger partial charge in [-0.3, -0.25) is 0 Å². The molecule has 3 N–H and O–H groups in total. The van der Waals surface area contributed by atoms with Gasteiger partial charge in [0, 0.05) is 0 Å². The number of unbranched alkanes of at least 4 members (excludes halogenated alkanes) is 2. The van der Waals surface area contributed by atoms with E-state index in [0.717, 1.165) is 12.8 Å². The summed E-state index contributed by atoms with van der Waals surface area (Å²) in [5, 5.41) is 0. The van der Waals surface area contributed by atoms with Crippen molar-refractivity contribution in [1.82, 2.24) is 6.15 Å². The zero-order chi connectivity index (χ0) is 13.4. The molecule has 0 bridgehead atoms. The van der Waals surface area contributed by atoms with Crippen LogP contribution in [0.3, 0.4) is 0 Å². The van der Waals surface area contributed by atoms with Gasteiger partial charge in [-0.2, -0.15) is 0 Å². The van der Waals surface area contributed by atoms with Gasteiger partial charge in [-0.25, -0.2) is 0 Å². The Morgan fingerprint density at radius 1 is 0.895 bits per heavy atom. The van der Waals surface area contributed by atoms with Crippen LogP contribution in [-0.2, 0) is 39.2 Å². The van der Waals surface area contributed by atoms with Gasteiger partial charge in [0.05, 0.1) is 19.1 Å². The molecule has 0 saturated heterocycles. The first-order valence-electron chi connectivity index (χ1n) is 5.72. The normalized spacial score (nSPS) is 16.6. The fourth-order valence-corrected chi connectivity index (χ4v) is 4.15. The molecule has 2 unspecified atom stereocenters. The van der Waals surface area contributed by atoms with Crippen LogP contribution in [-0.4, -0.2) is 19.1 Å². The largest absolute Gasteiger partial charge is 2.00 e. The number of rotatable bonds is 10. The Bertz CT molecular complexity index is 276. The minimum absolute atomic E-state index is 0. The standard InChI is InChI=1S/C9H22O6P2.H3N.Pt/c1-3-5-7-14-16(10,11)9-17(12,13)15-8-6-4-2;;/h3-9H2,1-2H3,(H,10,11)(H,12,13);1H3;/q;;+2/p-2. The maximum Gasteiger partial charge on any atom is 2.00 e. The van der Waals surface area contributed by atoms with Gasteiger partial charge >= 0.3 is 21.1 Å². The Hall–Kier alpha value is 0.948. The van der Waals surface area contributed by atoms with E-state index in [4.69, 9.17) is 0 Å². The van der Waals surface area contributed by atoms with Crippen LogP contribution in [0.1, 0.15) is 39.5 Å². The van der Waals surface area contributed by atoms with Gasteiger partial charge in [0.25, 0.3) is 0 Å². The van der Waals surface area contributed by atoms with Crippen LogP contribution in [0.4, 0.5) is 0 Å². The van der Waals surface area contributed by atoms with Crippen molar-refractivity contribution in [2.75, 3.05) is 19.1 Å². The molecule has 0 rings (SSSR count). The number of hydrogen-bond acceptors (Lipinski definition) is 7. The van der Waals surface area contributed by atoms with Crippen molar-refractivity contribution in [3.63, 3.8) is 0 Å². The molecule has 0 aromatic heterocycles. The van der Waals surface area contributed by atoms with Crippen LogP contribution >= 0.6 is 15.2 Å². The maximum absolute atomic E-state index is 11.3.